The summed E-state index contributed by atoms with van der Waals surface area (Å²) in [7, 11) is 0. The first-order chi connectivity index (χ1) is 8.56. The van der Waals surface area contributed by atoms with Gasteiger partial charge in [0.1, 0.15) is 5.54 Å². The van der Waals surface area contributed by atoms with E-state index in [1.165, 1.54) is 12.3 Å². The second-order valence-electron chi connectivity index (χ2n) is 4.94. The summed E-state index contributed by atoms with van der Waals surface area (Å²) in [6.07, 6.45) is 4.64. The molecule has 1 N–H and O–H groups in total. The zero-order valence-corrected chi connectivity index (χ0v) is 11.0. The van der Waals surface area contributed by atoms with Crippen LogP contribution in [0, 0.1) is 17.2 Å². The van der Waals surface area contributed by atoms with Crippen LogP contribution in [0.15, 0.2) is 16.7 Å². The Labute approximate surface area is 111 Å². The van der Waals surface area contributed by atoms with Crippen LogP contribution in [0.2, 0.25) is 5.22 Å². The van der Waals surface area contributed by atoms with E-state index in [1.807, 2.05) is 0 Å². The van der Waals surface area contributed by atoms with Gasteiger partial charge in [0.25, 0.3) is 5.91 Å². The molecule has 0 spiro atoms. The van der Waals surface area contributed by atoms with E-state index in [-0.39, 0.29) is 16.7 Å². The fourth-order valence-electron chi connectivity index (χ4n) is 2.26. The van der Waals surface area contributed by atoms with Crippen LogP contribution in [0.3, 0.4) is 0 Å². The number of nitrogens with zero attached hydrogens (tertiary/aromatic N) is 1. The fourth-order valence-corrected chi connectivity index (χ4v) is 2.46. The van der Waals surface area contributed by atoms with Gasteiger partial charge in [0, 0.05) is 0 Å². The summed E-state index contributed by atoms with van der Waals surface area (Å²) in [6, 6.07) is 3.75. The minimum Gasteiger partial charge on any atom is -0.452 e. The third-order valence-electron chi connectivity index (χ3n) is 3.56. The Morgan fingerprint density at radius 2 is 2.28 bits per heavy atom. The number of nitriles is 1. The van der Waals surface area contributed by atoms with Crippen molar-refractivity contribution in [2.24, 2.45) is 5.92 Å². The lowest BCUT2D eigenvalue weighted by Gasteiger charge is -2.34. The van der Waals surface area contributed by atoms with Gasteiger partial charge in [-0.25, -0.2) is 0 Å². The molecule has 0 saturated heterocycles. The average Bonchev–Trinajstić information content (AvgIpc) is 2.79. The summed E-state index contributed by atoms with van der Waals surface area (Å²) >= 11 is 5.75. The molecule has 1 aliphatic carbocycles. The van der Waals surface area contributed by atoms with Crippen molar-refractivity contribution in [1.29, 1.82) is 5.26 Å². The van der Waals surface area contributed by atoms with Crippen molar-refractivity contribution in [2.45, 2.75) is 38.1 Å². The molecule has 1 aromatic heterocycles. The van der Waals surface area contributed by atoms with Crippen LogP contribution in [0.5, 0.6) is 0 Å². The van der Waals surface area contributed by atoms with Gasteiger partial charge in [-0.05, 0) is 49.3 Å². The van der Waals surface area contributed by atoms with Crippen LogP contribution in [-0.4, -0.2) is 11.4 Å². The Balaban J connectivity index is 2.10. The van der Waals surface area contributed by atoms with Crippen LogP contribution in [0.25, 0.3) is 0 Å². The normalized spacial score (nSPS) is 27.5. The van der Waals surface area contributed by atoms with Gasteiger partial charge in [-0.3, -0.25) is 4.79 Å². The number of furan rings is 1. The molecule has 1 heterocycles. The predicted molar refractivity (Wildman–Crippen MR) is 67.2 cm³/mol. The number of carbonyl (C=O) groups excluding carboxylic acids is 1. The Hall–Kier alpha value is -1.47. The highest BCUT2D eigenvalue weighted by Gasteiger charge is 2.36. The highest BCUT2D eigenvalue weighted by molar-refractivity contribution is 6.32. The van der Waals surface area contributed by atoms with Crippen molar-refractivity contribution in [3.8, 4) is 6.07 Å². The lowest BCUT2D eigenvalue weighted by atomic mass is 9.78. The molecule has 2 rings (SSSR count). The summed E-state index contributed by atoms with van der Waals surface area (Å²) in [5.41, 5.74) is -0.477. The van der Waals surface area contributed by atoms with Gasteiger partial charge >= 0.3 is 0 Å². The Kier molecular flexibility index (Phi) is 3.63. The summed E-state index contributed by atoms with van der Waals surface area (Å²) in [6.45, 7) is 2.16. The molecule has 0 aliphatic heterocycles. The second kappa shape index (κ2) is 5.03. The lowest BCUT2D eigenvalue weighted by molar-refractivity contribution is 0.0893. The molecule has 0 aromatic carbocycles. The fraction of sp³-hybridized carbons (Fsp3) is 0.538. The van der Waals surface area contributed by atoms with Crippen molar-refractivity contribution in [2.75, 3.05) is 0 Å². The van der Waals surface area contributed by atoms with Crippen LogP contribution in [0.1, 0.15) is 43.0 Å². The van der Waals surface area contributed by atoms with E-state index in [9.17, 15) is 10.1 Å². The van der Waals surface area contributed by atoms with Crippen LogP contribution in [0.4, 0.5) is 0 Å². The number of hydrogen-bond donors (Lipinski definition) is 1. The first-order valence-electron chi connectivity index (χ1n) is 6.03. The molecule has 1 aliphatic rings. The molecular formula is C13H15ClN2O2. The van der Waals surface area contributed by atoms with E-state index in [1.54, 1.807) is 0 Å². The number of nitrogens with one attached hydrogen (secondary N) is 1. The molecular weight excluding hydrogens is 252 g/mol. The number of rotatable bonds is 2. The summed E-state index contributed by atoms with van der Waals surface area (Å²) in [5, 5.41) is 12.2. The van der Waals surface area contributed by atoms with Gasteiger partial charge in [0.2, 0.25) is 5.22 Å². The van der Waals surface area contributed by atoms with Gasteiger partial charge in [-0.1, -0.05) is 6.92 Å². The molecule has 96 valence electrons. The number of carbonyl (C=O) groups is 1. The number of hydrogen-bond acceptors (Lipinski definition) is 3. The largest absolute Gasteiger partial charge is 0.452 e. The monoisotopic (exact) mass is 266 g/mol. The highest BCUT2D eigenvalue weighted by atomic mass is 35.5. The number of amides is 1. The van der Waals surface area contributed by atoms with Gasteiger partial charge in [-0.15, -0.1) is 0 Å². The molecule has 1 saturated carbocycles. The van der Waals surface area contributed by atoms with E-state index in [4.69, 9.17) is 16.0 Å². The molecule has 18 heavy (non-hydrogen) atoms. The van der Waals surface area contributed by atoms with E-state index < -0.39 is 5.54 Å². The Bertz CT molecular complexity index is 481. The third kappa shape index (κ3) is 2.51. The maximum atomic E-state index is 12.0. The van der Waals surface area contributed by atoms with E-state index in [0.29, 0.717) is 18.8 Å². The zero-order chi connectivity index (χ0) is 13.2. The standard InChI is InChI=1S/C13H15ClN2O2/c1-9-2-5-13(8-15,6-3-9)16-12(17)10-4-7-18-11(10)14/h4,7,9H,2-3,5-6H2,1H3,(H,16,17). The van der Waals surface area contributed by atoms with Gasteiger partial charge in [0.15, 0.2) is 0 Å². The minimum absolute atomic E-state index is 0.0600. The molecule has 0 atom stereocenters. The molecule has 1 amide bonds. The van der Waals surface area contributed by atoms with E-state index >= 15 is 0 Å². The Morgan fingerprint density at radius 3 is 2.78 bits per heavy atom. The lowest BCUT2D eigenvalue weighted by Crippen LogP contribution is -2.49. The molecule has 4 nitrogen and oxygen atoms in total. The summed E-state index contributed by atoms with van der Waals surface area (Å²) in [5.74, 6) is 0.269. The third-order valence-corrected chi connectivity index (χ3v) is 3.85. The van der Waals surface area contributed by atoms with Crippen molar-refractivity contribution in [3.05, 3.63) is 23.1 Å². The minimum atomic E-state index is -0.760. The second-order valence-corrected chi connectivity index (χ2v) is 5.28. The summed E-state index contributed by atoms with van der Waals surface area (Å²) in [4.78, 5) is 12.0. The molecule has 5 heteroatoms. The topological polar surface area (TPSA) is 66.0 Å². The van der Waals surface area contributed by atoms with Crippen LogP contribution >= 0.6 is 11.6 Å². The SMILES string of the molecule is CC1CCC(C#N)(NC(=O)c2ccoc2Cl)CC1. The molecule has 0 radical (unpaired) electrons. The van der Waals surface area contributed by atoms with Gasteiger partial charge in [-0.2, -0.15) is 5.26 Å². The maximum absolute atomic E-state index is 12.0. The molecule has 1 fully saturated rings. The smallest absolute Gasteiger partial charge is 0.257 e. The zero-order valence-electron chi connectivity index (χ0n) is 10.2. The van der Waals surface area contributed by atoms with Crippen molar-refractivity contribution < 1.29 is 9.21 Å². The molecule has 0 bridgehead atoms. The first kappa shape index (κ1) is 13.0. The Morgan fingerprint density at radius 1 is 1.61 bits per heavy atom. The predicted octanol–water partition coefficient (Wildman–Crippen LogP) is 3.14. The maximum Gasteiger partial charge on any atom is 0.257 e. The van der Waals surface area contributed by atoms with E-state index in [0.717, 1.165) is 12.8 Å². The van der Waals surface area contributed by atoms with Crippen molar-refractivity contribution in [3.63, 3.8) is 0 Å². The van der Waals surface area contributed by atoms with Gasteiger partial charge < -0.3 is 9.73 Å². The average molecular weight is 267 g/mol. The quantitative estimate of drug-likeness (QED) is 0.894. The van der Waals surface area contributed by atoms with Gasteiger partial charge in [0.05, 0.1) is 17.9 Å². The van der Waals surface area contributed by atoms with Crippen LogP contribution in [-0.2, 0) is 0 Å². The molecule has 0 unspecified atom stereocenters. The molecule has 1 aromatic rings. The van der Waals surface area contributed by atoms with E-state index in [2.05, 4.69) is 18.3 Å². The first-order valence-corrected chi connectivity index (χ1v) is 6.41. The van der Waals surface area contributed by atoms with Crippen molar-refractivity contribution >= 4 is 17.5 Å². The summed E-state index contributed by atoms with van der Waals surface area (Å²) < 4.78 is 4.88. The number of halogens is 1. The highest BCUT2D eigenvalue weighted by Crippen LogP contribution is 2.32. The van der Waals surface area contributed by atoms with Crippen molar-refractivity contribution in [1.82, 2.24) is 5.32 Å². The van der Waals surface area contributed by atoms with Crippen LogP contribution < -0.4 is 5.32 Å².